The fourth-order valence-corrected chi connectivity index (χ4v) is 3.11. The second-order valence-corrected chi connectivity index (χ2v) is 7.20. The predicted octanol–water partition coefficient (Wildman–Crippen LogP) is 3.56. The normalized spacial score (nSPS) is 18.4. The Labute approximate surface area is 124 Å². The standard InChI is InChI=1S/C18H30N2/c1-15(14-20-11-7-8-12-20)19-13-16-9-5-6-10-17(16)18(2,3)4/h5-6,9-10,15,19H,7-8,11-14H2,1-4H3. The van der Waals surface area contributed by atoms with Gasteiger partial charge in [-0.2, -0.15) is 0 Å². The minimum atomic E-state index is 0.219. The van der Waals surface area contributed by atoms with Crippen molar-refractivity contribution >= 4 is 0 Å². The molecule has 0 spiro atoms. The molecular weight excluding hydrogens is 244 g/mol. The monoisotopic (exact) mass is 274 g/mol. The van der Waals surface area contributed by atoms with Gasteiger partial charge in [0.2, 0.25) is 0 Å². The van der Waals surface area contributed by atoms with E-state index in [-0.39, 0.29) is 5.41 Å². The molecule has 1 aromatic rings. The Hall–Kier alpha value is -0.860. The topological polar surface area (TPSA) is 15.3 Å². The molecule has 1 heterocycles. The quantitative estimate of drug-likeness (QED) is 0.883. The summed E-state index contributed by atoms with van der Waals surface area (Å²) in [5.41, 5.74) is 3.12. The molecule has 1 atom stereocenters. The van der Waals surface area contributed by atoms with Crippen LogP contribution in [0.4, 0.5) is 0 Å². The number of hydrogen-bond donors (Lipinski definition) is 1. The third-order valence-electron chi connectivity index (χ3n) is 4.20. The Bertz CT molecular complexity index is 414. The van der Waals surface area contributed by atoms with Crippen LogP contribution in [0.1, 0.15) is 51.7 Å². The zero-order valence-corrected chi connectivity index (χ0v) is 13.6. The third-order valence-corrected chi connectivity index (χ3v) is 4.20. The average molecular weight is 274 g/mol. The Morgan fingerprint density at radius 1 is 1.15 bits per heavy atom. The second-order valence-electron chi connectivity index (χ2n) is 7.20. The Balaban J connectivity index is 1.90. The fourth-order valence-electron chi connectivity index (χ4n) is 3.11. The lowest BCUT2D eigenvalue weighted by molar-refractivity contribution is 0.298. The molecule has 0 aromatic heterocycles. The molecule has 1 aliphatic heterocycles. The van der Waals surface area contributed by atoms with E-state index in [0.717, 1.165) is 6.54 Å². The van der Waals surface area contributed by atoms with Gasteiger partial charge in [-0.1, -0.05) is 45.0 Å². The summed E-state index contributed by atoms with van der Waals surface area (Å²) in [7, 11) is 0. The molecule has 0 radical (unpaired) electrons. The molecule has 1 N–H and O–H groups in total. The van der Waals surface area contributed by atoms with Crippen molar-refractivity contribution in [1.29, 1.82) is 0 Å². The van der Waals surface area contributed by atoms with Gasteiger partial charge >= 0.3 is 0 Å². The van der Waals surface area contributed by atoms with E-state index in [4.69, 9.17) is 0 Å². The van der Waals surface area contributed by atoms with Crippen molar-refractivity contribution in [2.45, 2.75) is 58.5 Å². The summed E-state index contributed by atoms with van der Waals surface area (Å²) in [5, 5.41) is 3.70. The smallest absolute Gasteiger partial charge is 0.0211 e. The van der Waals surface area contributed by atoms with E-state index < -0.39 is 0 Å². The van der Waals surface area contributed by atoms with E-state index in [0.29, 0.717) is 6.04 Å². The van der Waals surface area contributed by atoms with Gasteiger partial charge in [0.05, 0.1) is 0 Å². The average Bonchev–Trinajstić information content (AvgIpc) is 2.88. The molecule has 1 aliphatic rings. The molecule has 112 valence electrons. The number of nitrogens with zero attached hydrogens (tertiary/aromatic N) is 1. The molecule has 2 heteroatoms. The van der Waals surface area contributed by atoms with Gasteiger partial charge in [0.15, 0.2) is 0 Å². The number of rotatable bonds is 5. The van der Waals surface area contributed by atoms with Crippen LogP contribution in [0.15, 0.2) is 24.3 Å². The van der Waals surface area contributed by atoms with E-state index >= 15 is 0 Å². The summed E-state index contributed by atoms with van der Waals surface area (Å²) in [6.45, 7) is 13.9. The largest absolute Gasteiger partial charge is 0.309 e. The van der Waals surface area contributed by atoms with E-state index in [1.807, 2.05) is 0 Å². The van der Waals surface area contributed by atoms with Crippen LogP contribution < -0.4 is 5.32 Å². The summed E-state index contributed by atoms with van der Waals surface area (Å²) in [5.74, 6) is 0. The number of nitrogens with one attached hydrogen (secondary N) is 1. The van der Waals surface area contributed by atoms with Crippen LogP contribution in [0, 0.1) is 0 Å². The van der Waals surface area contributed by atoms with E-state index in [1.165, 1.54) is 43.6 Å². The molecule has 1 fully saturated rings. The van der Waals surface area contributed by atoms with Gasteiger partial charge in [0.1, 0.15) is 0 Å². The first-order valence-electron chi connectivity index (χ1n) is 8.01. The van der Waals surface area contributed by atoms with Crippen LogP contribution in [0.2, 0.25) is 0 Å². The first-order valence-corrected chi connectivity index (χ1v) is 8.01. The molecular formula is C18H30N2. The number of likely N-dealkylation sites (tertiary alicyclic amines) is 1. The molecule has 1 aromatic carbocycles. The van der Waals surface area contributed by atoms with Crippen LogP contribution in [-0.2, 0) is 12.0 Å². The van der Waals surface area contributed by atoms with Gasteiger partial charge in [0, 0.05) is 19.1 Å². The zero-order valence-electron chi connectivity index (χ0n) is 13.6. The lowest BCUT2D eigenvalue weighted by Crippen LogP contribution is -2.37. The molecule has 0 amide bonds. The lowest BCUT2D eigenvalue weighted by atomic mass is 9.84. The Morgan fingerprint density at radius 3 is 2.45 bits per heavy atom. The maximum absolute atomic E-state index is 3.70. The fraction of sp³-hybridized carbons (Fsp3) is 0.667. The van der Waals surface area contributed by atoms with Gasteiger partial charge in [-0.3, -0.25) is 0 Å². The van der Waals surface area contributed by atoms with Crippen LogP contribution in [0.25, 0.3) is 0 Å². The Kier molecular flexibility index (Phi) is 5.22. The molecule has 1 unspecified atom stereocenters. The molecule has 2 nitrogen and oxygen atoms in total. The summed E-state index contributed by atoms with van der Waals surface area (Å²) in [4.78, 5) is 2.58. The molecule has 2 rings (SSSR count). The van der Waals surface area contributed by atoms with Gasteiger partial charge in [0.25, 0.3) is 0 Å². The maximum Gasteiger partial charge on any atom is 0.0211 e. The van der Waals surface area contributed by atoms with Crippen molar-refractivity contribution in [3.05, 3.63) is 35.4 Å². The summed E-state index contributed by atoms with van der Waals surface area (Å²) in [6, 6.07) is 9.38. The van der Waals surface area contributed by atoms with E-state index in [1.54, 1.807) is 0 Å². The van der Waals surface area contributed by atoms with E-state index in [2.05, 4.69) is 62.2 Å². The van der Waals surface area contributed by atoms with Gasteiger partial charge in [-0.05, 0) is 49.4 Å². The van der Waals surface area contributed by atoms with Crippen molar-refractivity contribution < 1.29 is 0 Å². The highest BCUT2D eigenvalue weighted by molar-refractivity contribution is 5.32. The second kappa shape index (κ2) is 6.73. The SMILES string of the molecule is CC(CN1CCCC1)NCc1ccccc1C(C)(C)C. The van der Waals surface area contributed by atoms with E-state index in [9.17, 15) is 0 Å². The number of benzene rings is 1. The maximum atomic E-state index is 3.70. The summed E-state index contributed by atoms with van der Waals surface area (Å²) in [6.07, 6.45) is 2.75. The highest BCUT2D eigenvalue weighted by Crippen LogP contribution is 2.25. The van der Waals surface area contributed by atoms with Crippen molar-refractivity contribution in [2.24, 2.45) is 0 Å². The Morgan fingerprint density at radius 2 is 1.80 bits per heavy atom. The minimum Gasteiger partial charge on any atom is -0.309 e. The lowest BCUT2D eigenvalue weighted by Gasteiger charge is -2.25. The van der Waals surface area contributed by atoms with Crippen LogP contribution in [0.3, 0.4) is 0 Å². The zero-order chi connectivity index (χ0) is 14.6. The van der Waals surface area contributed by atoms with Crippen LogP contribution in [-0.4, -0.2) is 30.6 Å². The highest BCUT2D eigenvalue weighted by atomic mass is 15.2. The van der Waals surface area contributed by atoms with Gasteiger partial charge in [-0.15, -0.1) is 0 Å². The van der Waals surface area contributed by atoms with Gasteiger partial charge in [-0.25, -0.2) is 0 Å². The highest BCUT2D eigenvalue weighted by Gasteiger charge is 2.18. The van der Waals surface area contributed by atoms with Crippen molar-refractivity contribution in [3.8, 4) is 0 Å². The number of hydrogen-bond acceptors (Lipinski definition) is 2. The van der Waals surface area contributed by atoms with Crippen LogP contribution in [0.5, 0.6) is 0 Å². The predicted molar refractivity (Wildman–Crippen MR) is 87.1 cm³/mol. The first-order chi connectivity index (χ1) is 9.47. The molecule has 0 saturated carbocycles. The van der Waals surface area contributed by atoms with Crippen molar-refractivity contribution in [2.75, 3.05) is 19.6 Å². The minimum absolute atomic E-state index is 0.219. The molecule has 0 bridgehead atoms. The first kappa shape index (κ1) is 15.5. The molecule has 0 aliphatic carbocycles. The summed E-state index contributed by atoms with van der Waals surface area (Å²) >= 11 is 0. The van der Waals surface area contributed by atoms with Crippen molar-refractivity contribution in [1.82, 2.24) is 10.2 Å². The molecule has 20 heavy (non-hydrogen) atoms. The molecule has 1 saturated heterocycles. The van der Waals surface area contributed by atoms with Crippen molar-refractivity contribution in [3.63, 3.8) is 0 Å². The van der Waals surface area contributed by atoms with Gasteiger partial charge < -0.3 is 10.2 Å². The van der Waals surface area contributed by atoms with Crippen LogP contribution >= 0.6 is 0 Å². The third kappa shape index (κ3) is 4.32. The summed E-state index contributed by atoms with van der Waals surface area (Å²) < 4.78 is 0.